The Morgan fingerprint density at radius 3 is 2.47 bits per heavy atom. The molecule has 1 aromatic heterocycles. The molecule has 2 unspecified atom stereocenters. The highest BCUT2D eigenvalue weighted by Gasteiger charge is 2.45. The first-order chi connectivity index (χ1) is 30.0. The number of primary amides is 1. The molecule has 3 atom stereocenters. The summed E-state index contributed by atoms with van der Waals surface area (Å²) in [4.78, 5) is 95.5. The number of nitrogens with two attached hydrogens (primary N) is 1. The average Bonchev–Trinajstić information content (AvgIpc) is 3.75. The van der Waals surface area contributed by atoms with Crippen molar-refractivity contribution in [3.8, 4) is 0 Å². The van der Waals surface area contributed by atoms with Crippen LogP contribution < -0.4 is 31.5 Å². The molecule has 6 N–H and O–H groups in total. The molecule has 7 amide bonds. The lowest BCUT2D eigenvalue weighted by Crippen LogP contribution is -2.53. The van der Waals surface area contributed by atoms with Crippen molar-refractivity contribution in [3.05, 3.63) is 65.5 Å². The van der Waals surface area contributed by atoms with Gasteiger partial charge in [0.05, 0.1) is 37.4 Å². The summed E-state index contributed by atoms with van der Waals surface area (Å²) in [6.07, 6.45) is 2.50. The van der Waals surface area contributed by atoms with Gasteiger partial charge >= 0.3 is 6.03 Å². The summed E-state index contributed by atoms with van der Waals surface area (Å²) in [5.74, 6) is -1.35. The lowest BCUT2D eigenvalue weighted by molar-refractivity contribution is -0.139. The van der Waals surface area contributed by atoms with Gasteiger partial charge in [-0.2, -0.15) is 0 Å². The number of anilines is 5. The van der Waals surface area contributed by atoms with Crippen LogP contribution in [0.5, 0.6) is 0 Å². The minimum atomic E-state index is -1.31. The number of piperazine rings is 1. The van der Waals surface area contributed by atoms with Crippen LogP contribution in [0, 0.1) is 0 Å². The lowest BCUT2D eigenvalue weighted by Gasteiger charge is -2.37. The topological polar surface area (TPSA) is 239 Å². The van der Waals surface area contributed by atoms with Gasteiger partial charge < -0.3 is 50.7 Å². The van der Waals surface area contributed by atoms with Gasteiger partial charge in [0.2, 0.25) is 17.7 Å². The smallest absolute Gasteiger partial charge is 0.320 e. The number of amides is 7. The van der Waals surface area contributed by atoms with E-state index in [9.17, 15) is 33.9 Å². The standard InChI is InChI=1S/C42H52N12O8/c1-49-16-21-53(42(49)61)28-4-3-15-52(25-28)32-24-45-36(37(43)57)38(47-32)46-26-7-9-27(10-8-26)50-17-19-51(20-18-50)34(56)13-22-62-23-14-44-30-6-2-5-29-35(30)41(60)54(40(29)59)31-11-12-33(55)48-39(31)58/h2,5-10,24,28,31,40,44,59H,3-4,11-23,25H2,1H3,(H2,43,57)(H,46,47)(H,48,55,58)/t28-,31?,40?/m1/s1. The van der Waals surface area contributed by atoms with Crippen LogP contribution in [0.15, 0.2) is 48.7 Å². The first kappa shape index (κ1) is 42.2. The Morgan fingerprint density at radius 2 is 1.74 bits per heavy atom. The van der Waals surface area contributed by atoms with Crippen molar-refractivity contribution in [2.24, 2.45) is 5.73 Å². The fourth-order valence-corrected chi connectivity index (χ4v) is 8.83. The molecule has 8 rings (SSSR count). The molecule has 2 aromatic carbocycles. The van der Waals surface area contributed by atoms with E-state index >= 15 is 0 Å². The molecule has 62 heavy (non-hydrogen) atoms. The molecule has 0 spiro atoms. The van der Waals surface area contributed by atoms with E-state index < -0.39 is 35.9 Å². The van der Waals surface area contributed by atoms with E-state index in [1.54, 1.807) is 29.3 Å². The van der Waals surface area contributed by atoms with Crippen LogP contribution >= 0.6 is 0 Å². The Morgan fingerprint density at radius 1 is 0.952 bits per heavy atom. The summed E-state index contributed by atoms with van der Waals surface area (Å²) < 4.78 is 5.75. The quantitative estimate of drug-likeness (QED) is 0.113. The van der Waals surface area contributed by atoms with Gasteiger partial charge in [-0.25, -0.2) is 14.8 Å². The molecule has 4 saturated heterocycles. The Kier molecular flexibility index (Phi) is 12.4. The van der Waals surface area contributed by atoms with Gasteiger partial charge in [-0.15, -0.1) is 0 Å². The maximum atomic E-state index is 13.4. The van der Waals surface area contributed by atoms with E-state index in [1.807, 2.05) is 41.1 Å². The number of rotatable bonds is 14. The predicted octanol–water partition coefficient (Wildman–Crippen LogP) is 1.07. The Labute approximate surface area is 358 Å². The van der Waals surface area contributed by atoms with Crippen LogP contribution in [0.3, 0.4) is 0 Å². The van der Waals surface area contributed by atoms with Crippen LogP contribution in [0.1, 0.15) is 64.7 Å². The molecule has 0 aliphatic carbocycles. The van der Waals surface area contributed by atoms with E-state index in [1.165, 1.54) is 0 Å². The molecular formula is C42H52N12O8. The second-order valence-corrected chi connectivity index (χ2v) is 16.1. The number of carbonyl (C=O) groups is 6. The first-order valence-corrected chi connectivity index (χ1v) is 21.1. The molecule has 6 heterocycles. The van der Waals surface area contributed by atoms with Crippen molar-refractivity contribution in [2.45, 2.75) is 50.4 Å². The molecule has 5 aliphatic rings. The summed E-state index contributed by atoms with van der Waals surface area (Å²) in [6.45, 7) is 6.02. The second-order valence-electron chi connectivity index (χ2n) is 16.1. The van der Waals surface area contributed by atoms with Crippen LogP contribution in [-0.2, 0) is 19.1 Å². The zero-order valence-electron chi connectivity index (χ0n) is 34.6. The van der Waals surface area contributed by atoms with Gasteiger partial charge in [-0.05, 0) is 49.6 Å². The number of nitrogens with one attached hydrogen (secondary N) is 3. The van der Waals surface area contributed by atoms with Crippen molar-refractivity contribution in [2.75, 3.05) is 99.6 Å². The monoisotopic (exact) mass is 852 g/mol. The zero-order chi connectivity index (χ0) is 43.5. The maximum Gasteiger partial charge on any atom is 0.320 e. The van der Waals surface area contributed by atoms with Gasteiger partial charge in [0.15, 0.2) is 17.7 Å². The fourth-order valence-electron chi connectivity index (χ4n) is 8.83. The molecule has 3 aromatic rings. The molecule has 0 saturated carbocycles. The van der Waals surface area contributed by atoms with Crippen molar-refractivity contribution in [3.63, 3.8) is 0 Å². The Hall–Kier alpha value is -6.54. The molecule has 0 radical (unpaired) electrons. The highest BCUT2D eigenvalue weighted by atomic mass is 16.5. The summed E-state index contributed by atoms with van der Waals surface area (Å²) in [5, 5.41) is 19.6. The van der Waals surface area contributed by atoms with Gasteiger partial charge in [-0.1, -0.05) is 12.1 Å². The van der Waals surface area contributed by atoms with Crippen molar-refractivity contribution >= 4 is 64.3 Å². The minimum Gasteiger partial charge on any atom is -0.382 e. The number of aliphatic hydroxyl groups is 1. The molecule has 328 valence electrons. The number of piperidine rings is 2. The Balaban J connectivity index is 0.773. The van der Waals surface area contributed by atoms with Crippen LogP contribution in [-0.4, -0.2) is 161 Å². The third kappa shape index (κ3) is 8.78. The summed E-state index contributed by atoms with van der Waals surface area (Å²) >= 11 is 0. The molecule has 20 nitrogen and oxygen atoms in total. The number of aromatic nitrogens is 2. The zero-order valence-corrected chi connectivity index (χ0v) is 34.6. The number of benzene rings is 2. The number of imide groups is 1. The first-order valence-electron chi connectivity index (χ1n) is 21.1. The van der Waals surface area contributed by atoms with E-state index in [-0.39, 0.29) is 67.5 Å². The number of fused-ring (bicyclic) bond motifs is 1. The second kappa shape index (κ2) is 18.2. The number of nitrogens with zero attached hydrogens (tertiary/aromatic N) is 8. The third-order valence-electron chi connectivity index (χ3n) is 12.2. The van der Waals surface area contributed by atoms with Gasteiger partial charge in [0.1, 0.15) is 11.9 Å². The van der Waals surface area contributed by atoms with Gasteiger partial charge in [-0.3, -0.25) is 34.2 Å². The van der Waals surface area contributed by atoms with Crippen molar-refractivity contribution in [1.82, 2.24) is 34.9 Å². The molecule has 5 aliphatic heterocycles. The highest BCUT2D eigenvalue weighted by molar-refractivity contribution is 6.08. The number of likely N-dealkylation sites (N-methyl/N-ethyl adjacent to an activating group) is 1. The van der Waals surface area contributed by atoms with E-state index in [0.717, 1.165) is 30.0 Å². The normalized spacial score (nSPS) is 21.7. The van der Waals surface area contributed by atoms with E-state index in [0.29, 0.717) is 75.1 Å². The number of aliphatic hydroxyl groups excluding tert-OH is 1. The fraction of sp³-hybridized carbons (Fsp3) is 0.476. The molecule has 4 fully saturated rings. The number of carbonyl (C=O) groups excluding carboxylic acids is 6. The summed E-state index contributed by atoms with van der Waals surface area (Å²) in [5.41, 5.74) is 8.54. The van der Waals surface area contributed by atoms with Crippen molar-refractivity contribution in [1.29, 1.82) is 0 Å². The largest absolute Gasteiger partial charge is 0.382 e. The van der Waals surface area contributed by atoms with Gasteiger partial charge in [0, 0.05) is 95.0 Å². The number of hydrogen-bond acceptors (Lipinski definition) is 14. The highest BCUT2D eigenvalue weighted by Crippen LogP contribution is 2.39. The summed E-state index contributed by atoms with van der Waals surface area (Å²) in [7, 11) is 1.82. The molecule has 0 bridgehead atoms. The molecule has 20 heteroatoms. The van der Waals surface area contributed by atoms with Crippen molar-refractivity contribution < 1.29 is 38.6 Å². The SMILES string of the molecule is CN1CCN([C@@H]2CCCN(c3cnc(C(N)=O)c(Nc4ccc(N5CCN(C(=O)CCOCCNc6cccc7c6C(=O)N(C6CCC(=O)NC6=O)C7O)CC5)cc4)n3)C2)C1=O. The summed E-state index contributed by atoms with van der Waals surface area (Å²) in [6, 6.07) is 12.0. The lowest BCUT2D eigenvalue weighted by atomic mass is 10.0. The third-order valence-corrected chi connectivity index (χ3v) is 12.2. The van der Waals surface area contributed by atoms with E-state index in [4.69, 9.17) is 15.5 Å². The molecular weight excluding hydrogens is 801 g/mol. The number of hydrogen-bond donors (Lipinski definition) is 5. The van der Waals surface area contributed by atoms with Crippen LogP contribution in [0.2, 0.25) is 0 Å². The van der Waals surface area contributed by atoms with E-state index in [2.05, 4.69) is 30.7 Å². The average molecular weight is 853 g/mol. The minimum absolute atomic E-state index is 0.00281. The predicted molar refractivity (Wildman–Crippen MR) is 227 cm³/mol. The number of ether oxygens (including phenoxy) is 1. The Bertz CT molecular complexity index is 2220. The van der Waals surface area contributed by atoms with Crippen LogP contribution in [0.25, 0.3) is 0 Å². The maximum absolute atomic E-state index is 13.4. The number of urea groups is 1. The van der Waals surface area contributed by atoms with Crippen LogP contribution in [0.4, 0.5) is 33.5 Å². The van der Waals surface area contributed by atoms with Gasteiger partial charge in [0.25, 0.3) is 11.8 Å².